The molecule has 2 fully saturated rings. The fourth-order valence-electron chi connectivity index (χ4n) is 4.43. The molecule has 1 unspecified atom stereocenters. The van der Waals surface area contributed by atoms with E-state index in [1.165, 1.54) is 0 Å². The molecule has 0 saturated carbocycles. The first-order chi connectivity index (χ1) is 14.9. The number of carbonyl (C=O) groups excluding carboxylic acids is 2. The second-order valence-electron chi connectivity index (χ2n) is 8.34. The zero-order valence-electron chi connectivity index (χ0n) is 17.3. The molecule has 0 aliphatic carbocycles. The van der Waals surface area contributed by atoms with Crippen LogP contribution < -0.4 is 5.32 Å². The van der Waals surface area contributed by atoms with E-state index in [9.17, 15) is 18.4 Å². The summed E-state index contributed by atoms with van der Waals surface area (Å²) in [7, 11) is 0. The van der Waals surface area contributed by atoms with Crippen LogP contribution in [0.25, 0.3) is 0 Å². The predicted molar refractivity (Wildman–Crippen MR) is 111 cm³/mol. The Morgan fingerprint density at radius 1 is 1.06 bits per heavy atom. The van der Waals surface area contributed by atoms with Gasteiger partial charge < -0.3 is 15.0 Å². The lowest BCUT2D eigenvalue weighted by atomic mass is 9.88. The van der Waals surface area contributed by atoms with E-state index < -0.39 is 17.5 Å². The summed E-state index contributed by atoms with van der Waals surface area (Å²) < 4.78 is 33.3. The third-order valence-electron chi connectivity index (χ3n) is 6.23. The van der Waals surface area contributed by atoms with Gasteiger partial charge in [-0.25, -0.2) is 8.78 Å². The minimum atomic E-state index is -0.754. The Kier molecular flexibility index (Phi) is 6.32. The molecule has 7 heteroatoms. The maximum absolute atomic E-state index is 13.8. The van der Waals surface area contributed by atoms with Crippen LogP contribution in [0.15, 0.2) is 48.5 Å². The fourth-order valence-corrected chi connectivity index (χ4v) is 4.43. The average Bonchev–Trinajstić information content (AvgIpc) is 3.17. The average molecular weight is 428 g/mol. The van der Waals surface area contributed by atoms with E-state index in [-0.39, 0.29) is 29.7 Å². The lowest BCUT2D eigenvalue weighted by Gasteiger charge is -2.39. The zero-order chi connectivity index (χ0) is 21.8. The minimum absolute atomic E-state index is 0.125. The Bertz CT molecular complexity index is 943. The summed E-state index contributed by atoms with van der Waals surface area (Å²) in [6, 6.07) is 12.5. The van der Waals surface area contributed by atoms with E-state index in [1.807, 2.05) is 35.2 Å². The van der Waals surface area contributed by atoms with E-state index >= 15 is 0 Å². The first kappa shape index (κ1) is 21.4. The number of carbonyl (C=O) groups is 2. The lowest BCUT2D eigenvalue weighted by Crippen LogP contribution is -2.47. The predicted octanol–water partition coefficient (Wildman–Crippen LogP) is 3.48. The molecule has 1 N–H and O–H groups in total. The Morgan fingerprint density at radius 3 is 2.55 bits per heavy atom. The van der Waals surface area contributed by atoms with Crippen molar-refractivity contribution in [3.63, 3.8) is 0 Å². The largest absolute Gasteiger partial charge is 0.370 e. The number of amides is 2. The molecule has 2 heterocycles. The van der Waals surface area contributed by atoms with Gasteiger partial charge in [0, 0.05) is 19.6 Å². The molecule has 31 heavy (non-hydrogen) atoms. The Labute approximate surface area is 180 Å². The first-order valence-electron chi connectivity index (χ1n) is 10.7. The van der Waals surface area contributed by atoms with Crippen LogP contribution in [0.1, 0.15) is 41.6 Å². The molecule has 0 bridgehead atoms. The molecule has 0 aromatic heterocycles. The highest BCUT2D eigenvalue weighted by Crippen LogP contribution is 2.38. The molecular formula is C24H26F2N2O3. The summed E-state index contributed by atoms with van der Waals surface area (Å²) in [5.74, 6) is -1.94. The number of likely N-dealkylation sites (tertiary alicyclic amines) is 1. The van der Waals surface area contributed by atoms with Gasteiger partial charge in [-0.05, 0) is 49.4 Å². The highest BCUT2D eigenvalue weighted by Gasteiger charge is 2.43. The monoisotopic (exact) mass is 428 g/mol. The SMILES string of the molecule is O=C(NCC1CCC2(CCN(C(=O)Cc3ccccc3)CC2)O1)c1cc(F)ccc1F. The maximum Gasteiger partial charge on any atom is 0.254 e. The highest BCUT2D eigenvalue weighted by molar-refractivity contribution is 5.94. The number of ether oxygens (including phenoxy) is 1. The van der Waals surface area contributed by atoms with E-state index in [0.717, 1.165) is 49.4 Å². The van der Waals surface area contributed by atoms with Crippen LogP contribution in [0.2, 0.25) is 0 Å². The number of nitrogens with zero attached hydrogens (tertiary/aromatic N) is 1. The third-order valence-corrected chi connectivity index (χ3v) is 6.23. The van der Waals surface area contributed by atoms with Gasteiger partial charge in [0.15, 0.2) is 0 Å². The van der Waals surface area contributed by atoms with Crippen molar-refractivity contribution in [3.05, 3.63) is 71.3 Å². The molecule has 164 valence electrons. The van der Waals surface area contributed by atoms with Crippen LogP contribution in [0.3, 0.4) is 0 Å². The molecule has 2 aliphatic rings. The second-order valence-corrected chi connectivity index (χ2v) is 8.34. The third kappa shape index (κ3) is 5.10. The summed E-state index contributed by atoms with van der Waals surface area (Å²) >= 11 is 0. The molecule has 5 nitrogen and oxygen atoms in total. The standard InChI is InChI=1S/C24H26F2N2O3/c25-18-6-7-21(26)20(15-18)23(30)27-16-19-8-9-24(31-19)10-12-28(13-11-24)22(29)14-17-4-2-1-3-5-17/h1-7,15,19H,8-14,16H2,(H,27,30). The van der Waals surface area contributed by atoms with Gasteiger partial charge in [0.2, 0.25) is 5.91 Å². The van der Waals surface area contributed by atoms with Crippen LogP contribution in [0.5, 0.6) is 0 Å². The van der Waals surface area contributed by atoms with Gasteiger partial charge >= 0.3 is 0 Å². The van der Waals surface area contributed by atoms with Gasteiger partial charge in [0.25, 0.3) is 5.91 Å². The Balaban J connectivity index is 1.25. The van der Waals surface area contributed by atoms with Crippen molar-refractivity contribution in [1.29, 1.82) is 0 Å². The lowest BCUT2D eigenvalue weighted by molar-refractivity contribution is -0.136. The van der Waals surface area contributed by atoms with Crippen LogP contribution in [0.4, 0.5) is 8.78 Å². The van der Waals surface area contributed by atoms with Crippen LogP contribution in [-0.2, 0) is 16.0 Å². The van der Waals surface area contributed by atoms with Crippen LogP contribution in [-0.4, -0.2) is 48.1 Å². The summed E-state index contributed by atoms with van der Waals surface area (Å²) in [5.41, 5.74) is 0.427. The number of hydrogen-bond acceptors (Lipinski definition) is 3. The molecule has 2 amide bonds. The van der Waals surface area contributed by atoms with Crippen LogP contribution >= 0.6 is 0 Å². The van der Waals surface area contributed by atoms with Gasteiger partial charge in [-0.3, -0.25) is 9.59 Å². The summed E-state index contributed by atoms with van der Waals surface area (Å²) in [5, 5.41) is 2.65. The number of benzene rings is 2. The Morgan fingerprint density at radius 2 is 1.81 bits per heavy atom. The van der Waals surface area contributed by atoms with Gasteiger partial charge in [-0.2, -0.15) is 0 Å². The fraction of sp³-hybridized carbons (Fsp3) is 0.417. The zero-order valence-corrected chi connectivity index (χ0v) is 17.3. The van der Waals surface area contributed by atoms with Crippen molar-refractivity contribution in [2.75, 3.05) is 19.6 Å². The topological polar surface area (TPSA) is 58.6 Å². The van der Waals surface area contributed by atoms with E-state index in [4.69, 9.17) is 4.74 Å². The normalized spacial score (nSPS) is 20.1. The van der Waals surface area contributed by atoms with Crippen molar-refractivity contribution < 1.29 is 23.1 Å². The number of piperidine rings is 1. The number of hydrogen-bond donors (Lipinski definition) is 1. The van der Waals surface area contributed by atoms with E-state index in [1.54, 1.807) is 0 Å². The maximum atomic E-state index is 13.8. The molecular weight excluding hydrogens is 402 g/mol. The molecule has 1 atom stereocenters. The first-order valence-corrected chi connectivity index (χ1v) is 10.7. The summed E-state index contributed by atoms with van der Waals surface area (Å²) in [6.45, 7) is 1.55. The second kappa shape index (κ2) is 9.14. The molecule has 2 saturated heterocycles. The van der Waals surface area contributed by atoms with E-state index in [0.29, 0.717) is 19.5 Å². The van der Waals surface area contributed by atoms with Gasteiger partial charge in [0.1, 0.15) is 11.6 Å². The van der Waals surface area contributed by atoms with E-state index in [2.05, 4.69) is 5.32 Å². The molecule has 2 aromatic rings. The molecule has 0 radical (unpaired) electrons. The summed E-state index contributed by atoms with van der Waals surface area (Å²) in [6.07, 6.45) is 3.39. The molecule has 2 aliphatic heterocycles. The van der Waals surface area contributed by atoms with Crippen molar-refractivity contribution in [1.82, 2.24) is 10.2 Å². The van der Waals surface area contributed by atoms with Gasteiger partial charge in [-0.15, -0.1) is 0 Å². The van der Waals surface area contributed by atoms with Crippen molar-refractivity contribution in [3.8, 4) is 0 Å². The summed E-state index contributed by atoms with van der Waals surface area (Å²) in [4.78, 5) is 26.7. The van der Waals surface area contributed by atoms with Gasteiger partial charge in [-0.1, -0.05) is 30.3 Å². The highest BCUT2D eigenvalue weighted by atomic mass is 19.1. The van der Waals surface area contributed by atoms with Crippen molar-refractivity contribution in [2.24, 2.45) is 0 Å². The smallest absolute Gasteiger partial charge is 0.254 e. The number of rotatable bonds is 5. The molecule has 1 spiro atoms. The minimum Gasteiger partial charge on any atom is -0.370 e. The number of nitrogens with one attached hydrogen (secondary N) is 1. The van der Waals surface area contributed by atoms with Gasteiger partial charge in [0.05, 0.1) is 23.7 Å². The van der Waals surface area contributed by atoms with Crippen molar-refractivity contribution in [2.45, 2.75) is 43.8 Å². The Hall–Kier alpha value is -2.80. The van der Waals surface area contributed by atoms with Crippen LogP contribution in [0, 0.1) is 11.6 Å². The molecule has 4 rings (SSSR count). The van der Waals surface area contributed by atoms with Crippen molar-refractivity contribution >= 4 is 11.8 Å². The quantitative estimate of drug-likeness (QED) is 0.793. The number of halogens is 2. The molecule has 2 aromatic carbocycles.